The highest BCUT2D eigenvalue weighted by Crippen LogP contribution is 2.32. The van der Waals surface area contributed by atoms with Gasteiger partial charge in [0.1, 0.15) is 6.54 Å². The monoisotopic (exact) mass is 418 g/mol. The van der Waals surface area contributed by atoms with E-state index in [2.05, 4.69) is 15.0 Å². The summed E-state index contributed by atoms with van der Waals surface area (Å²) in [5.41, 5.74) is 1.36. The Bertz CT molecular complexity index is 880. The van der Waals surface area contributed by atoms with Crippen LogP contribution in [0.2, 0.25) is 0 Å². The molecule has 0 unspecified atom stereocenters. The van der Waals surface area contributed by atoms with E-state index in [0.717, 1.165) is 25.7 Å². The summed E-state index contributed by atoms with van der Waals surface area (Å²) in [6, 6.07) is 2.01. The van der Waals surface area contributed by atoms with Gasteiger partial charge in [0.25, 0.3) is 6.43 Å². The molecule has 0 aliphatic heterocycles. The fourth-order valence-corrected chi connectivity index (χ4v) is 5.43. The normalized spacial score (nSPS) is 19.0. The van der Waals surface area contributed by atoms with Gasteiger partial charge in [0, 0.05) is 23.3 Å². The molecule has 7 heteroatoms. The predicted octanol–water partition coefficient (Wildman–Crippen LogP) is 5.48. The molecule has 0 spiro atoms. The SMILES string of the molecule is Cc1cc(C(F)F)c2c(C)nn(CC(=O)N(C3CCCCC3)C3CCCCC3)c2n1. The molecule has 0 bridgehead atoms. The molecule has 164 valence electrons. The van der Waals surface area contributed by atoms with Crippen molar-refractivity contribution < 1.29 is 13.6 Å². The number of nitrogens with zero attached hydrogens (tertiary/aromatic N) is 4. The first-order chi connectivity index (χ1) is 14.5. The zero-order valence-corrected chi connectivity index (χ0v) is 18.0. The molecule has 2 aromatic heterocycles. The van der Waals surface area contributed by atoms with Crippen molar-refractivity contribution in [2.45, 2.75) is 103 Å². The van der Waals surface area contributed by atoms with Crippen LogP contribution in [0.5, 0.6) is 0 Å². The van der Waals surface area contributed by atoms with Crippen LogP contribution in [0.15, 0.2) is 6.07 Å². The quantitative estimate of drug-likeness (QED) is 0.646. The van der Waals surface area contributed by atoms with E-state index in [0.29, 0.717) is 34.5 Å². The number of hydrogen-bond donors (Lipinski definition) is 0. The topological polar surface area (TPSA) is 51.0 Å². The van der Waals surface area contributed by atoms with Crippen molar-refractivity contribution in [3.8, 4) is 0 Å². The highest BCUT2D eigenvalue weighted by Gasteiger charge is 2.33. The van der Waals surface area contributed by atoms with Crippen LogP contribution in [0.1, 0.15) is 87.6 Å². The van der Waals surface area contributed by atoms with Crippen molar-refractivity contribution in [2.75, 3.05) is 0 Å². The molecule has 4 rings (SSSR count). The molecule has 0 saturated heterocycles. The number of carbonyl (C=O) groups excluding carboxylic acids is 1. The molecule has 30 heavy (non-hydrogen) atoms. The molecule has 2 aromatic rings. The van der Waals surface area contributed by atoms with Crippen molar-refractivity contribution in [3.63, 3.8) is 0 Å². The standard InChI is InChI=1S/C23H32F2N4O/c1-15-13-19(22(24)25)21-16(2)27-28(23(21)26-15)14-20(30)29(17-9-5-3-6-10-17)18-11-7-4-8-12-18/h13,17-18,22H,3-12,14H2,1-2H3. The molecule has 1 amide bonds. The summed E-state index contributed by atoms with van der Waals surface area (Å²) in [6.07, 6.45) is 8.82. The average molecular weight is 419 g/mol. The lowest BCUT2D eigenvalue weighted by atomic mass is 9.88. The fourth-order valence-electron chi connectivity index (χ4n) is 5.43. The maximum absolute atomic E-state index is 13.6. The van der Waals surface area contributed by atoms with Crippen molar-refractivity contribution in [1.82, 2.24) is 19.7 Å². The number of alkyl halides is 2. The zero-order chi connectivity index (χ0) is 21.3. The van der Waals surface area contributed by atoms with Gasteiger partial charge >= 0.3 is 0 Å². The van der Waals surface area contributed by atoms with Crippen LogP contribution in [-0.2, 0) is 11.3 Å². The number of fused-ring (bicyclic) bond motifs is 1. The van der Waals surface area contributed by atoms with E-state index in [1.165, 1.54) is 44.6 Å². The Morgan fingerprint density at radius 1 is 1.07 bits per heavy atom. The minimum atomic E-state index is -2.60. The van der Waals surface area contributed by atoms with Crippen LogP contribution in [-0.4, -0.2) is 37.7 Å². The van der Waals surface area contributed by atoms with E-state index < -0.39 is 6.43 Å². The minimum absolute atomic E-state index is 0.0508. The van der Waals surface area contributed by atoms with E-state index in [-0.39, 0.29) is 18.0 Å². The third kappa shape index (κ3) is 4.21. The van der Waals surface area contributed by atoms with Crippen molar-refractivity contribution >= 4 is 16.9 Å². The highest BCUT2D eigenvalue weighted by molar-refractivity contribution is 5.85. The summed E-state index contributed by atoms with van der Waals surface area (Å²) in [7, 11) is 0. The summed E-state index contributed by atoms with van der Waals surface area (Å²) < 4.78 is 28.8. The van der Waals surface area contributed by atoms with Gasteiger partial charge in [0.15, 0.2) is 5.65 Å². The molecule has 0 atom stereocenters. The van der Waals surface area contributed by atoms with Crippen LogP contribution in [0.4, 0.5) is 8.78 Å². The summed E-state index contributed by atoms with van der Waals surface area (Å²) in [5.74, 6) is 0.0557. The Morgan fingerprint density at radius 2 is 1.63 bits per heavy atom. The van der Waals surface area contributed by atoms with Crippen LogP contribution in [0, 0.1) is 13.8 Å². The maximum atomic E-state index is 13.6. The van der Waals surface area contributed by atoms with Crippen LogP contribution < -0.4 is 0 Å². The van der Waals surface area contributed by atoms with Crippen molar-refractivity contribution in [3.05, 3.63) is 23.0 Å². The fraction of sp³-hybridized carbons (Fsp3) is 0.696. The largest absolute Gasteiger partial charge is 0.335 e. The second-order valence-corrected chi connectivity index (χ2v) is 8.98. The predicted molar refractivity (Wildman–Crippen MR) is 113 cm³/mol. The summed E-state index contributed by atoms with van der Waals surface area (Å²) >= 11 is 0. The molecule has 0 radical (unpaired) electrons. The molecular weight excluding hydrogens is 386 g/mol. The van der Waals surface area contributed by atoms with E-state index in [4.69, 9.17) is 0 Å². The summed E-state index contributed by atoms with van der Waals surface area (Å²) in [5, 5.41) is 4.84. The zero-order valence-electron chi connectivity index (χ0n) is 18.0. The maximum Gasteiger partial charge on any atom is 0.264 e. The smallest absolute Gasteiger partial charge is 0.264 e. The number of amides is 1. The number of aromatic nitrogens is 3. The Morgan fingerprint density at radius 3 is 2.17 bits per heavy atom. The second-order valence-electron chi connectivity index (χ2n) is 8.98. The van der Waals surface area contributed by atoms with Gasteiger partial charge in [-0.3, -0.25) is 4.79 Å². The van der Waals surface area contributed by atoms with Gasteiger partial charge in [-0.05, 0) is 45.6 Å². The minimum Gasteiger partial charge on any atom is -0.335 e. The van der Waals surface area contributed by atoms with Gasteiger partial charge in [0.2, 0.25) is 5.91 Å². The number of halogens is 2. The van der Waals surface area contributed by atoms with E-state index >= 15 is 0 Å². The number of hydrogen-bond acceptors (Lipinski definition) is 3. The van der Waals surface area contributed by atoms with Gasteiger partial charge in [-0.1, -0.05) is 38.5 Å². The number of rotatable bonds is 5. The van der Waals surface area contributed by atoms with Crippen molar-refractivity contribution in [1.29, 1.82) is 0 Å². The van der Waals surface area contributed by atoms with E-state index in [1.54, 1.807) is 18.5 Å². The van der Waals surface area contributed by atoms with Gasteiger partial charge in [-0.15, -0.1) is 0 Å². The average Bonchev–Trinajstić information content (AvgIpc) is 3.04. The number of aryl methyl sites for hydroxylation is 2. The molecule has 0 aromatic carbocycles. The number of pyridine rings is 1. The third-order valence-corrected chi connectivity index (χ3v) is 6.78. The molecule has 2 aliphatic rings. The lowest BCUT2D eigenvalue weighted by Gasteiger charge is -2.41. The molecule has 5 nitrogen and oxygen atoms in total. The Kier molecular flexibility index (Phi) is 6.34. The number of carbonyl (C=O) groups is 1. The third-order valence-electron chi connectivity index (χ3n) is 6.78. The Labute approximate surface area is 176 Å². The Hall–Kier alpha value is -2.05. The first-order valence-electron chi connectivity index (χ1n) is 11.4. The lowest BCUT2D eigenvalue weighted by molar-refractivity contribution is -0.138. The van der Waals surface area contributed by atoms with Crippen LogP contribution in [0.3, 0.4) is 0 Å². The van der Waals surface area contributed by atoms with Crippen molar-refractivity contribution in [2.24, 2.45) is 0 Å². The van der Waals surface area contributed by atoms with Crippen LogP contribution >= 0.6 is 0 Å². The first-order valence-corrected chi connectivity index (χ1v) is 11.4. The van der Waals surface area contributed by atoms with E-state index in [9.17, 15) is 13.6 Å². The molecule has 2 aliphatic carbocycles. The van der Waals surface area contributed by atoms with Crippen LogP contribution in [0.25, 0.3) is 11.0 Å². The molecule has 0 N–H and O–H groups in total. The molecule has 2 fully saturated rings. The Balaban J connectivity index is 1.65. The van der Waals surface area contributed by atoms with Gasteiger partial charge < -0.3 is 4.90 Å². The summed E-state index contributed by atoms with van der Waals surface area (Å²) in [4.78, 5) is 20.2. The van der Waals surface area contributed by atoms with Gasteiger partial charge in [-0.2, -0.15) is 5.10 Å². The molecular formula is C23H32F2N4O. The summed E-state index contributed by atoms with van der Waals surface area (Å²) in [6.45, 7) is 3.49. The lowest BCUT2D eigenvalue weighted by Crippen LogP contribution is -2.50. The van der Waals surface area contributed by atoms with E-state index in [1.807, 2.05) is 0 Å². The van der Waals surface area contributed by atoms with Gasteiger partial charge in [0.05, 0.1) is 11.1 Å². The first kappa shape index (κ1) is 21.2. The second kappa shape index (κ2) is 8.98. The molecule has 2 saturated carbocycles. The van der Waals surface area contributed by atoms with Gasteiger partial charge in [-0.25, -0.2) is 18.4 Å². The molecule has 2 heterocycles. The highest BCUT2D eigenvalue weighted by atomic mass is 19.3.